The molecule has 5 atom stereocenters. The van der Waals surface area contributed by atoms with Gasteiger partial charge in [0.1, 0.15) is 5.75 Å². The lowest BCUT2D eigenvalue weighted by Gasteiger charge is -2.43. The zero-order valence-electron chi connectivity index (χ0n) is 24.7. The molecule has 1 aliphatic carbocycles. The maximum Gasteiger partial charge on any atom is 0.337 e. The van der Waals surface area contributed by atoms with Crippen molar-refractivity contribution in [3.8, 4) is 5.75 Å². The van der Waals surface area contributed by atoms with Crippen molar-refractivity contribution in [3.63, 3.8) is 0 Å². The number of carboxylic acid groups (broad SMARTS) is 1. The van der Waals surface area contributed by atoms with E-state index >= 15 is 0 Å². The van der Waals surface area contributed by atoms with E-state index in [0.717, 1.165) is 61.7 Å². The number of benzene rings is 2. The Morgan fingerprint density at radius 3 is 2.68 bits per heavy atom. The van der Waals surface area contributed by atoms with Crippen LogP contribution in [-0.4, -0.2) is 49.1 Å². The third-order valence-electron chi connectivity index (χ3n) is 8.74. The number of carboxylic acids is 1. The predicted octanol–water partition coefficient (Wildman–Crippen LogP) is 7.57. The fourth-order valence-corrected chi connectivity index (χ4v) is 6.51. The minimum absolute atomic E-state index is 0.0847. The van der Waals surface area contributed by atoms with E-state index in [2.05, 4.69) is 43.0 Å². The molecule has 2 N–H and O–H groups in total. The summed E-state index contributed by atoms with van der Waals surface area (Å²) in [5.74, 6) is 0.425. The fourth-order valence-electron chi connectivity index (χ4n) is 6.32. The van der Waals surface area contributed by atoms with Gasteiger partial charge in [0.25, 0.3) is 0 Å². The SMILES string of the molecule is CCCCC/C=C/C(OC)C1CCC1CN1CC(c2ccc(Cl)cc2CCC)COc2ccc(C(O)C(=O)O)cc21. The van der Waals surface area contributed by atoms with Gasteiger partial charge in [-0.3, -0.25) is 0 Å². The number of anilines is 1. The Balaban J connectivity index is 1.62. The molecule has 5 unspecified atom stereocenters. The summed E-state index contributed by atoms with van der Waals surface area (Å²) in [6.07, 6.45) is 12.0. The molecular formula is C34H46ClNO5. The number of methoxy groups -OCH3 is 1. The van der Waals surface area contributed by atoms with E-state index in [-0.39, 0.29) is 12.0 Å². The number of nitrogens with zero attached hydrogens (tertiary/aromatic N) is 1. The minimum Gasteiger partial charge on any atom is -0.491 e. The minimum atomic E-state index is -1.58. The van der Waals surface area contributed by atoms with Gasteiger partial charge >= 0.3 is 5.97 Å². The molecule has 0 amide bonds. The first-order valence-electron chi connectivity index (χ1n) is 15.3. The van der Waals surface area contributed by atoms with Crippen LogP contribution < -0.4 is 9.64 Å². The lowest BCUT2D eigenvalue weighted by molar-refractivity contribution is -0.146. The zero-order chi connectivity index (χ0) is 29.4. The summed E-state index contributed by atoms with van der Waals surface area (Å²) in [4.78, 5) is 13.9. The number of aliphatic hydroxyl groups is 1. The number of halogens is 1. The maximum atomic E-state index is 11.6. The summed E-state index contributed by atoms with van der Waals surface area (Å²) in [5, 5.41) is 20.5. The Labute approximate surface area is 250 Å². The van der Waals surface area contributed by atoms with Gasteiger partial charge in [-0.1, -0.05) is 69.0 Å². The van der Waals surface area contributed by atoms with E-state index in [4.69, 9.17) is 21.1 Å². The van der Waals surface area contributed by atoms with Crippen molar-refractivity contribution >= 4 is 23.3 Å². The van der Waals surface area contributed by atoms with Crippen molar-refractivity contribution in [1.82, 2.24) is 0 Å². The number of rotatable bonds is 14. The van der Waals surface area contributed by atoms with Crippen LogP contribution in [0.1, 0.15) is 87.5 Å². The van der Waals surface area contributed by atoms with Crippen molar-refractivity contribution < 1.29 is 24.5 Å². The average Bonchev–Trinajstić information content (AvgIpc) is 3.13. The Kier molecular flexibility index (Phi) is 11.5. The maximum absolute atomic E-state index is 11.6. The Morgan fingerprint density at radius 2 is 2.00 bits per heavy atom. The number of unbranched alkanes of at least 4 members (excludes halogenated alkanes) is 3. The van der Waals surface area contributed by atoms with Gasteiger partial charge in [-0.25, -0.2) is 4.79 Å². The molecule has 4 rings (SSSR count). The second-order valence-corrected chi connectivity index (χ2v) is 12.0. The molecule has 1 aliphatic heterocycles. The number of ether oxygens (including phenoxy) is 2. The summed E-state index contributed by atoms with van der Waals surface area (Å²) in [5.41, 5.74) is 3.69. The molecular weight excluding hydrogens is 538 g/mol. The number of allylic oxidation sites excluding steroid dienone is 1. The molecule has 2 aromatic rings. The van der Waals surface area contributed by atoms with Gasteiger partial charge in [0.2, 0.25) is 0 Å². The van der Waals surface area contributed by atoms with Crippen LogP contribution in [0, 0.1) is 11.8 Å². The van der Waals surface area contributed by atoms with Gasteiger partial charge < -0.3 is 24.6 Å². The van der Waals surface area contributed by atoms with Crippen molar-refractivity contribution in [2.45, 2.75) is 83.3 Å². The number of aliphatic hydroxyl groups excluding tert-OH is 1. The molecule has 0 spiro atoms. The molecule has 1 fully saturated rings. The van der Waals surface area contributed by atoms with Crippen molar-refractivity contribution in [1.29, 1.82) is 0 Å². The Bertz CT molecular complexity index is 1180. The number of fused-ring (bicyclic) bond motifs is 1. The molecule has 1 heterocycles. The Morgan fingerprint density at radius 1 is 1.17 bits per heavy atom. The Hall–Kier alpha value is -2.54. The molecule has 0 saturated heterocycles. The van der Waals surface area contributed by atoms with Crippen LogP contribution in [0.2, 0.25) is 5.02 Å². The smallest absolute Gasteiger partial charge is 0.337 e. The monoisotopic (exact) mass is 583 g/mol. The van der Waals surface area contributed by atoms with Crippen LogP contribution in [0.3, 0.4) is 0 Å². The van der Waals surface area contributed by atoms with E-state index in [0.29, 0.717) is 24.0 Å². The summed E-state index contributed by atoms with van der Waals surface area (Å²) in [6.45, 7) is 6.45. The van der Waals surface area contributed by atoms with Crippen LogP contribution in [0.25, 0.3) is 0 Å². The topological polar surface area (TPSA) is 79.2 Å². The van der Waals surface area contributed by atoms with E-state index in [9.17, 15) is 15.0 Å². The highest BCUT2D eigenvalue weighted by atomic mass is 35.5. The van der Waals surface area contributed by atoms with Crippen molar-refractivity contribution in [3.05, 3.63) is 70.3 Å². The highest BCUT2D eigenvalue weighted by Gasteiger charge is 2.39. The number of aliphatic carboxylic acids is 1. The molecule has 1 saturated carbocycles. The van der Waals surface area contributed by atoms with Crippen LogP contribution in [0.15, 0.2) is 48.6 Å². The lowest BCUT2D eigenvalue weighted by Crippen LogP contribution is -2.44. The van der Waals surface area contributed by atoms with E-state index in [1.807, 2.05) is 6.07 Å². The molecule has 2 aromatic carbocycles. The predicted molar refractivity (Wildman–Crippen MR) is 165 cm³/mol. The highest BCUT2D eigenvalue weighted by molar-refractivity contribution is 6.30. The zero-order valence-corrected chi connectivity index (χ0v) is 25.5. The number of hydrogen-bond donors (Lipinski definition) is 2. The van der Waals surface area contributed by atoms with Gasteiger partial charge in [0.05, 0.1) is 18.4 Å². The molecule has 7 heteroatoms. The van der Waals surface area contributed by atoms with Gasteiger partial charge in [-0.15, -0.1) is 0 Å². The molecule has 2 aliphatic rings. The fraction of sp³-hybridized carbons (Fsp3) is 0.559. The first-order valence-corrected chi connectivity index (χ1v) is 15.6. The molecule has 0 aromatic heterocycles. The number of carbonyl (C=O) groups is 1. The van der Waals surface area contributed by atoms with Gasteiger partial charge in [0, 0.05) is 31.1 Å². The summed E-state index contributed by atoms with van der Waals surface area (Å²) in [7, 11) is 1.80. The van der Waals surface area contributed by atoms with E-state index < -0.39 is 12.1 Å². The largest absolute Gasteiger partial charge is 0.491 e. The van der Waals surface area contributed by atoms with Crippen LogP contribution in [0.4, 0.5) is 5.69 Å². The van der Waals surface area contributed by atoms with Crippen LogP contribution >= 0.6 is 11.6 Å². The lowest BCUT2D eigenvalue weighted by atomic mass is 9.70. The molecule has 0 radical (unpaired) electrons. The highest BCUT2D eigenvalue weighted by Crippen LogP contribution is 2.43. The summed E-state index contributed by atoms with van der Waals surface area (Å²) < 4.78 is 12.3. The first kappa shape index (κ1) is 31.4. The van der Waals surface area contributed by atoms with Gasteiger partial charge in [-0.2, -0.15) is 0 Å². The number of aryl methyl sites for hydroxylation is 1. The third kappa shape index (κ3) is 7.85. The summed E-state index contributed by atoms with van der Waals surface area (Å²) >= 11 is 6.38. The molecule has 0 bridgehead atoms. The second kappa shape index (κ2) is 15.1. The van der Waals surface area contributed by atoms with Crippen molar-refractivity contribution in [2.75, 3.05) is 31.7 Å². The average molecular weight is 584 g/mol. The van der Waals surface area contributed by atoms with E-state index in [1.54, 1.807) is 25.3 Å². The number of hydrogen-bond acceptors (Lipinski definition) is 5. The van der Waals surface area contributed by atoms with Crippen LogP contribution in [-0.2, 0) is 16.0 Å². The molecule has 6 nitrogen and oxygen atoms in total. The van der Waals surface area contributed by atoms with Gasteiger partial charge in [-0.05, 0) is 84.9 Å². The van der Waals surface area contributed by atoms with Gasteiger partial charge in [0.15, 0.2) is 6.10 Å². The molecule has 224 valence electrons. The summed E-state index contributed by atoms with van der Waals surface area (Å²) in [6, 6.07) is 11.4. The standard InChI is InChI=1S/C34H46ClNO5/c1-4-6-7-8-9-11-31(40-3)29-15-12-25(29)20-36-21-26(28-16-14-27(35)18-23(28)10-5-2)22-41-32-17-13-24(19-30(32)36)33(37)34(38)39/h9,11,13-14,16-19,25-26,29,31,33,37H,4-8,10,12,15,20-22H2,1-3H3,(H,38,39)/b11-9+. The van der Waals surface area contributed by atoms with Crippen LogP contribution in [0.5, 0.6) is 5.75 Å². The molecule has 41 heavy (non-hydrogen) atoms. The van der Waals surface area contributed by atoms with E-state index in [1.165, 1.54) is 30.4 Å². The third-order valence-corrected chi connectivity index (χ3v) is 8.98. The first-order chi connectivity index (χ1) is 19.9. The quantitative estimate of drug-likeness (QED) is 0.176. The van der Waals surface area contributed by atoms with Crippen molar-refractivity contribution in [2.24, 2.45) is 11.8 Å². The second-order valence-electron chi connectivity index (χ2n) is 11.6. The normalized spacial score (nSPS) is 22.0.